The molecule has 3 amide bonds. The number of aromatic nitrogens is 2. The molecule has 3 aromatic rings. The monoisotopic (exact) mass is 672 g/mol. The summed E-state index contributed by atoms with van der Waals surface area (Å²) in [5, 5.41) is 9.00. The van der Waals surface area contributed by atoms with Gasteiger partial charge in [0.05, 0.1) is 18.6 Å². The molecule has 2 aromatic carbocycles. The second kappa shape index (κ2) is 13.9. The van der Waals surface area contributed by atoms with E-state index in [1.807, 2.05) is 43.6 Å². The van der Waals surface area contributed by atoms with Crippen LogP contribution in [0.5, 0.6) is 5.75 Å². The maximum absolute atomic E-state index is 14.4. The molecule has 48 heavy (non-hydrogen) atoms. The first-order valence-electron chi connectivity index (χ1n) is 16.1. The molecule has 2 fully saturated rings. The van der Waals surface area contributed by atoms with Crippen LogP contribution in [0.4, 0.5) is 0 Å². The smallest absolute Gasteiger partial charge is 0.373 e. The summed E-state index contributed by atoms with van der Waals surface area (Å²) in [6.07, 6.45) is 13.1. The molecular weight excluding hydrogens is 631 g/mol. The van der Waals surface area contributed by atoms with Crippen molar-refractivity contribution >= 4 is 36.2 Å². The number of hydrogen-bond acceptors (Lipinski definition) is 7. The van der Waals surface area contributed by atoms with Gasteiger partial charge in [0.2, 0.25) is 17.7 Å². The highest BCUT2D eigenvalue weighted by Gasteiger charge is 2.51. The van der Waals surface area contributed by atoms with Crippen molar-refractivity contribution in [2.45, 2.75) is 44.4 Å². The Labute approximate surface area is 280 Å². The molecule has 13 heteroatoms. The molecule has 3 heterocycles. The zero-order valence-electron chi connectivity index (χ0n) is 27.2. The summed E-state index contributed by atoms with van der Waals surface area (Å²) >= 11 is 0. The lowest BCUT2D eigenvalue weighted by atomic mass is 9.95. The van der Waals surface area contributed by atoms with E-state index in [9.17, 15) is 23.8 Å². The minimum atomic E-state index is -3.75. The van der Waals surface area contributed by atoms with Gasteiger partial charge in [0.25, 0.3) is 0 Å². The lowest BCUT2D eigenvalue weighted by Crippen LogP contribution is -2.75. The number of carbonyl (C=O) groups is 3. The molecule has 0 saturated carbocycles. The van der Waals surface area contributed by atoms with Gasteiger partial charge in [0.15, 0.2) is 0 Å². The summed E-state index contributed by atoms with van der Waals surface area (Å²) in [4.78, 5) is 55.4. The van der Waals surface area contributed by atoms with Crippen molar-refractivity contribution < 1.29 is 28.4 Å². The SMILES string of the molecule is C=CCN1CC(=O)N2[C@@H](Cc3ccc(OP(C)(=O)O)cc3)C(=O)N(Cc3cccc4cn(C)nc34)C[C@@H]2N1C(=O)CCC1C=CC=CC1. The molecule has 4 atom stereocenters. The maximum atomic E-state index is 14.4. The highest BCUT2D eigenvalue weighted by Crippen LogP contribution is 2.38. The van der Waals surface area contributed by atoms with E-state index in [-0.39, 0.29) is 61.9 Å². The number of piperazine rings is 1. The lowest BCUT2D eigenvalue weighted by Gasteiger charge is -2.55. The molecule has 0 spiro atoms. The van der Waals surface area contributed by atoms with Gasteiger partial charge in [-0.2, -0.15) is 5.10 Å². The zero-order chi connectivity index (χ0) is 34.0. The van der Waals surface area contributed by atoms with E-state index in [4.69, 9.17) is 4.52 Å². The van der Waals surface area contributed by atoms with Crippen LogP contribution in [0.15, 0.2) is 85.6 Å². The fourth-order valence-electron chi connectivity index (χ4n) is 6.84. The average molecular weight is 673 g/mol. The predicted molar refractivity (Wildman–Crippen MR) is 181 cm³/mol. The Bertz CT molecular complexity index is 1810. The Morgan fingerprint density at radius 3 is 2.67 bits per heavy atom. The van der Waals surface area contributed by atoms with Crippen LogP contribution in [0, 0.1) is 5.92 Å². The van der Waals surface area contributed by atoms with Gasteiger partial charge in [-0.1, -0.05) is 60.7 Å². The Morgan fingerprint density at radius 1 is 1.17 bits per heavy atom. The zero-order valence-corrected chi connectivity index (χ0v) is 28.1. The van der Waals surface area contributed by atoms with Gasteiger partial charge < -0.3 is 19.2 Å². The van der Waals surface area contributed by atoms with Gasteiger partial charge in [0.1, 0.15) is 18.0 Å². The minimum Gasteiger partial charge on any atom is -0.425 e. The van der Waals surface area contributed by atoms with Crippen LogP contribution in [0.3, 0.4) is 0 Å². The molecule has 2 aliphatic heterocycles. The van der Waals surface area contributed by atoms with E-state index in [1.165, 1.54) is 0 Å². The molecule has 252 valence electrons. The summed E-state index contributed by atoms with van der Waals surface area (Å²) in [5.41, 5.74) is 2.38. The van der Waals surface area contributed by atoms with E-state index in [2.05, 4.69) is 23.8 Å². The van der Waals surface area contributed by atoms with Crippen LogP contribution in [0.2, 0.25) is 0 Å². The molecule has 0 radical (unpaired) electrons. The molecule has 2 unspecified atom stereocenters. The first-order valence-corrected chi connectivity index (χ1v) is 18.1. The van der Waals surface area contributed by atoms with Crippen LogP contribution in [-0.2, 0) is 39.0 Å². The van der Waals surface area contributed by atoms with Crippen molar-refractivity contribution in [1.82, 2.24) is 29.6 Å². The molecule has 2 saturated heterocycles. The molecule has 1 aliphatic carbocycles. The normalized spacial score (nSPS) is 22.6. The summed E-state index contributed by atoms with van der Waals surface area (Å²) in [6, 6.07) is 11.5. The molecule has 0 bridgehead atoms. The number of benzene rings is 2. The second-order valence-electron chi connectivity index (χ2n) is 12.6. The highest BCUT2D eigenvalue weighted by molar-refractivity contribution is 7.52. The fraction of sp³-hybridized carbons (Fsp3) is 0.371. The summed E-state index contributed by atoms with van der Waals surface area (Å²) in [5.74, 6) is -0.117. The molecule has 6 rings (SSSR count). The summed E-state index contributed by atoms with van der Waals surface area (Å²) < 4.78 is 18.6. The molecule has 12 nitrogen and oxygen atoms in total. The first-order chi connectivity index (χ1) is 23.0. The third-order valence-corrected chi connectivity index (χ3v) is 9.50. The van der Waals surface area contributed by atoms with Gasteiger partial charge in [-0.15, -0.1) is 6.58 Å². The van der Waals surface area contributed by atoms with E-state index < -0.39 is 19.8 Å². The predicted octanol–water partition coefficient (Wildman–Crippen LogP) is 4.03. The van der Waals surface area contributed by atoms with Crippen LogP contribution < -0.4 is 4.52 Å². The number of hydrazine groups is 1. The van der Waals surface area contributed by atoms with Gasteiger partial charge in [-0.05, 0) is 42.0 Å². The third-order valence-electron chi connectivity index (χ3n) is 8.95. The number of carbonyl (C=O) groups excluding carboxylic acids is 3. The van der Waals surface area contributed by atoms with E-state index in [0.29, 0.717) is 13.0 Å². The molecule has 1 aromatic heterocycles. The van der Waals surface area contributed by atoms with Crippen LogP contribution >= 0.6 is 7.60 Å². The van der Waals surface area contributed by atoms with Crippen molar-refractivity contribution in [3.63, 3.8) is 0 Å². The Kier molecular flexibility index (Phi) is 9.68. The van der Waals surface area contributed by atoms with Crippen molar-refractivity contribution in [3.8, 4) is 5.75 Å². The number of nitrogens with zero attached hydrogens (tertiary/aromatic N) is 6. The lowest BCUT2D eigenvalue weighted by molar-refractivity contribution is -0.205. The van der Waals surface area contributed by atoms with Crippen molar-refractivity contribution in [1.29, 1.82) is 0 Å². The maximum Gasteiger partial charge on any atom is 0.373 e. The molecule has 1 N–H and O–H groups in total. The quantitative estimate of drug-likeness (QED) is 0.239. The number of rotatable bonds is 11. The van der Waals surface area contributed by atoms with Crippen LogP contribution in [0.25, 0.3) is 10.9 Å². The molecule has 3 aliphatic rings. The Morgan fingerprint density at radius 2 is 1.96 bits per heavy atom. The van der Waals surface area contributed by atoms with Crippen molar-refractivity contribution in [3.05, 3.63) is 96.7 Å². The first kappa shape index (κ1) is 33.4. The van der Waals surface area contributed by atoms with Gasteiger partial charge in [-0.3, -0.25) is 19.1 Å². The fourth-order valence-corrected chi connectivity index (χ4v) is 7.35. The van der Waals surface area contributed by atoms with Gasteiger partial charge >= 0.3 is 7.60 Å². The largest absolute Gasteiger partial charge is 0.425 e. The third kappa shape index (κ3) is 7.31. The van der Waals surface area contributed by atoms with Crippen LogP contribution in [0.1, 0.15) is 30.4 Å². The average Bonchev–Trinajstić information content (AvgIpc) is 3.44. The van der Waals surface area contributed by atoms with E-state index >= 15 is 0 Å². The second-order valence-corrected chi connectivity index (χ2v) is 14.4. The van der Waals surface area contributed by atoms with Gasteiger partial charge in [-0.25, -0.2) is 14.6 Å². The highest BCUT2D eigenvalue weighted by atomic mass is 31.2. The number of aryl methyl sites for hydroxylation is 1. The van der Waals surface area contributed by atoms with Crippen molar-refractivity contribution in [2.24, 2.45) is 13.0 Å². The number of amides is 3. The minimum absolute atomic E-state index is 0.0631. The Hall–Kier alpha value is -4.51. The topological polar surface area (TPSA) is 129 Å². The molecular formula is C35H41N6O6P. The van der Waals surface area contributed by atoms with Crippen molar-refractivity contribution in [2.75, 3.05) is 26.3 Å². The Balaban J connectivity index is 1.34. The number of fused-ring (bicyclic) bond motifs is 2. The van der Waals surface area contributed by atoms with Gasteiger partial charge in [0, 0.05) is 51.2 Å². The van der Waals surface area contributed by atoms with E-state index in [1.54, 1.807) is 54.8 Å². The standard InChI is InChI=1S/C35H41N6O6P/c1-4-19-39-24-33(43)40-30(20-26-13-16-29(17-14-26)47-48(3,45)46)35(44)38(22-28-12-8-11-27-21-37(2)36-34(27)28)23-31(40)41(39)32(42)18-15-25-9-6-5-7-10-25/h4-9,11-14,16-17,21,25,30-31H,1,10,15,18-20,22-24H2,2-3H3,(H,45,46)/t25?,30-,31-/m0/s1. The summed E-state index contributed by atoms with van der Waals surface area (Å²) in [6.45, 7) is 5.59. The summed E-state index contributed by atoms with van der Waals surface area (Å²) in [7, 11) is -1.90. The van der Waals surface area contributed by atoms with Crippen LogP contribution in [-0.4, -0.2) is 90.7 Å². The van der Waals surface area contributed by atoms with E-state index in [0.717, 1.165) is 35.1 Å². The number of allylic oxidation sites excluding steroid dienone is 4. The number of hydrogen-bond donors (Lipinski definition) is 1.